The van der Waals surface area contributed by atoms with Gasteiger partial charge in [-0.05, 0) is 37.3 Å². The zero-order chi connectivity index (χ0) is 19.4. The van der Waals surface area contributed by atoms with Crippen LogP contribution in [0.15, 0.2) is 53.6 Å². The lowest BCUT2D eigenvalue weighted by Crippen LogP contribution is -2.40. The van der Waals surface area contributed by atoms with E-state index in [9.17, 15) is 18.4 Å². The summed E-state index contributed by atoms with van der Waals surface area (Å²) >= 11 is 0. The third kappa shape index (κ3) is 4.46. The van der Waals surface area contributed by atoms with Gasteiger partial charge in [0.05, 0.1) is 23.3 Å². The highest BCUT2D eigenvalue weighted by molar-refractivity contribution is 5.79. The number of hydrogen-bond donors (Lipinski definition) is 1. The highest BCUT2D eigenvalue weighted by Crippen LogP contribution is 2.15. The van der Waals surface area contributed by atoms with Gasteiger partial charge in [0.15, 0.2) is 11.6 Å². The number of halogens is 2. The van der Waals surface area contributed by atoms with Crippen LogP contribution in [0.1, 0.15) is 6.92 Å². The minimum absolute atomic E-state index is 0.0583. The second-order valence-corrected chi connectivity index (χ2v) is 6.05. The van der Waals surface area contributed by atoms with Crippen molar-refractivity contribution in [2.45, 2.75) is 19.5 Å². The molecule has 0 aliphatic rings. The first-order chi connectivity index (χ1) is 12.9. The number of carbonyl (C=O) groups excluding carboxylic acids is 1. The summed E-state index contributed by atoms with van der Waals surface area (Å²) in [5, 5.41) is 2.76. The van der Waals surface area contributed by atoms with Gasteiger partial charge < -0.3 is 10.1 Å². The maximum Gasteiger partial charge on any atom is 0.261 e. The Morgan fingerprint density at radius 3 is 2.81 bits per heavy atom. The zero-order valence-corrected chi connectivity index (χ0v) is 14.5. The summed E-state index contributed by atoms with van der Waals surface area (Å²) < 4.78 is 33.3. The molecule has 0 saturated carbocycles. The first kappa shape index (κ1) is 18.5. The number of carbonyl (C=O) groups is 1. The Kier molecular flexibility index (Phi) is 5.44. The van der Waals surface area contributed by atoms with Crippen molar-refractivity contribution in [3.63, 3.8) is 0 Å². The molecule has 0 bridgehead atoms. The molecule has 0 fully saturated rings. The highest BCUT2D eigenvalue weighted by Gasteiger charge is 2.12. The van der Waals surface area contributed by atoms with Gasteiger partial charge in [-0.25, -0.2) is 13.8 Å². The molecule has 3 aromatic rings. The van der Waals surface area contributed by atoms with E-state index in [1.165, 1.54) is 30.6 Å². The van der Waals surface area contributed by atoms with Crippen molar-refractivity contribution in [1.29, 1.82) is 0 Å². The molecule has 1 aromatic heterocycles. The van der Waals surface area contributed by atoms with Gasteiger partial charge >= 0.3 is 0 Å². The second kappa shape index (κ2) is 7.94. The second-order valence-electron chi connectivity index (χ2n) is 6.05. The van der Waals surface area contributed by atoms with Crippen LogP contribution >= 0.6 is 0 Å². The van der Waals surface area contributed by atoms with E-state index in [1.807, 2.05) is 0 Å². The molecule has 0 saturated heterocycles. The third-order valence-electron chi connectivity index (χ3n) is 3.83. The monoisotopic (exact) mass is 373 g/mol. The first-order valence-electron chi connectivity index (χ1n) is 8.25. The van der Waals surface area contributed by atoms with E-state index in [0.717, 1.165) is 10.6 Å². The number of benzene rings is 2. The van der Waals surface area contributed by atoms with Crippen LogP contribution in [0.25, 0.3) is 10.9 Å². The molecule has 2 aromatic carbocycles. The van der Waals surface area contributed by atoms with Crippen molar-refractivity contribution in [1.82, 2.24) is 14.9 Å². The van der Waals surface area contributed by atoms with E-state index in [2.05, 4.69) is 10.3 Å². The Hall–Kier alpha value is -3.29. The molecular formula is C19H17F2N3O3. The Morgan fingerprint density at radius 2 is 2.04 bits per heavy atom. The Morgan fingerprint density at radius 1 is 1.26 bits per heavy atom. The topological polar surface area (TPSA) is 73.2 Å². The lowest BCUT2D eigenvalue weighted by atomic mass is 10.2. The van der Waals surface area contributed by atoms with Gasteiger partial charge in [0.25, 0.3) is 5.56 Å². The molecule has 6 nitrogen and oxygen atoms in total. The number of para-hydroxylation sites is 1. The number of ether oxygens (including phenoxy) is 1. The van der Waals surface area contributed by atoms with Crippen molar-refractivity contribution < 1.29 is 18.3 Å². The molecule has 1 atom stereocenters. The number of nitrogens with one attached hydrogen (secondary N) is 1. The average molecular weight is 373 g/mol. The van der Waals surface area contributed by atoms with Gasteiger partial charge in [-0.1, -0.05) is 12.1 Å². The third-order valence-corrected chi connectivity index (χ3v) is 3.83. The fourth-order valence-electron chi connectivity index (χ4n) is 2.54. The standard InChI is InChI=1S/C19H17F2N3O3/c1-12(10-27-17-5-3-2-4-15(17)21)23-18(25)9-24-11-22-16-7-6-13(20)8-14(16)19(24)26/h2-8,11-12H,9-10H2,1H3,(H,23,25). The van der Waals surface area contributed by atoms with Crippen LogP contribution in [0.5, 0.6) is 5.75 Å². The molecule has 1 unspecified atom stereocenters. The summed E-state index contributed by atoms with van der Waals surface area (Å²) in [6.07, 6.45) is 1.24. The fraction of sp³-hybridized carbons (Fsp3) is 0.211. The van der Waals surface area contributed by atoms with Gasteiger partial charge in [0.2, 0.25) is 5.91 Å². The Balaban J connectivity index is 1.62. The molecule has 27 heavy (non-hydrogen) atoms. The Labute approximate surface area is 153 Å². The number of amides is 1. The van der Waals surface area contributed by atoms with Crippen molar-refractivity contribution in [3.8, 4) is 5.75 Å². The molecule has 1 N–H and O–H groups in total. The van der Waals surface area contributed by atoms with Crippen LogP contribution in [-0.4, -0.2) is 28.1 Å². The molecule has 3 rings (SSSR count). The lowest BCUT2D eigenvalue weighted by Gasteiger charge is -2.16. The zero-order valence-electron chi connectivity index (χ0n) is 14.5. The molecule has 8 heteroatoms. The summed E-state index contributed by atoms with van der Waals surface area (Å²) in [6, 6.07) is 9.24. The highest BCUT2D eigenvalue weighted by atomic mass is 19.1. The van der Waals surface area contributed by atoms with Crippen LogP contribution in [0.3, 0.4) is 0 Å². The minimum Gasteiger partial charge on any atom is -0.488 e. The van der Waals surface area contributed by atoms with Crippen LogP contribution in [-0.2, 0) is 11.3 Å². The van der Waals surface area contributed by atoms with Crippen molar-refractivity contribution in [2.24, 2.45) is 0 Å². The van der Waals surface area contributed by atoms with Crippen LogP contribution in [0.2, 0.25) is 0 Å². The normalized spacial score (nSPS) is 12.0. The molecule has 0 aliphatic heterocycles. The smallest absolute Gasteiger partial charge is 0.261 e. The van der Waals surface area contributed by atoms with E-state index in [4.69, 9.17) is 4.74 Å². The van der Waals surface area contributed by atoms with Crippen molar-refractivity contribution in [2.75, 3.05) is 6.61 Å². The van der Waals surface area contributed by atoms with Gasteiger partial charge in [-0.15, -0.1) is 0 Å². The number of hydrogen-bond acceptors (Lipinski definition) is 4. The predicted molar refractivity (Wildman–Crippen MR) is 95.5 cm³/mol. The van der Waals surface area contributed by atoms with E-state index < -0.39 is 29.1 Å². The number of aromatic nitrogens is 2. The molecule has 0 spiro atoms. The van der Waals surface area contributed by atoms with E-state index in [-0.39, 0.29) is 24.3 Å². The maximum atomic E-state index is 13.5. The molecular weight excluding hydrogens is 356 g/mol. The minimum atomic E-state index is -0.553. The van der Waals surface area contributed by atoms with E-state index >= 15 is 0 Å². The fourth-order valence-corrected chi connectivity index (χ4v) is 2.54. The SMILES string of the molecule is CC(COc1ccccc1F)NC(=O)Cn1cnc2ccc(F)cc2c1=O. The summed E-state index contributed by atoms with van der Waals surface area (Å²) in [5.41, 5.74) is -0.158. The van der Waals surface area contributed by atoms with Crippen molar-refractivity contribution in [3.05, 3.63) is 70.8 Å². The predicted octanol–water partition coefficient (Wildman–Crippen LogP) is 2.26. The van der Waals surface area contributed by atoms with Gasteiger partial charge in [0, 0.05) is 0 Å². The summed E-state index contributed by atoms with van der Waals surface area (Å²) in [5.74, 6) is -1.39. The molecule has 1 amide bonds. The van der Waals surface area contributed by atoms with Crippen LogP contribution < -0.4 is 15.6 Å². The first-order valence-corrected chi connectivity index (χ1v) is 8.25. The van der Waals surface area contributed by atoms with E-state index in [1.54, 1.807) is 19.1 Å². The van der Waals surface area contributed by atoms with Gasteiger partial charge in [-0.2, -0.15) is 0 Å². The Bertz CT molecular complexity index is 1040. The van der Waals surface area contributed by atoms with Crippen LogP contribution in [0.4, 0.5) is 8.78 Å². The largest absolute Gasteiger partial charge is 0.488 e. The molecule has 140 valence electrons. The number of fused-ring (bicyclic) bond motifs is 1. The summed E-state index contributed by atoms with van der Waals surface area (Å²) in [4.78, 5) is 28.6. The summed E-state index contributed by atoms with van der Waals surface area (Å²) in [6.45, 7) is 1.47. The van der Waals surface area contributed by atoms with Crippen molar-refractivity contribution >= 4 is 16.8 Å². The molecule has 1 heterocycles. The number of rotatable bonds is 6. The molecule has 0 radical (unpaired) electrons. The maximum absolute atomic E-state index is 13.5. The van der Waals surface area contributed by atoms with Crippen LogP contribution in [0, 0.1) is 11.6 Å². The number of nitrogens with zero attached hydrogens (tertiary/aromatic N) is 2. The molecule has 0 aliphatic carbocycles. The quantitative estimate of drug-likeness (QED) is 0.719. The average Bonchev–Trinajstić information content (AvgIpc) is 2.64. The summed E-state index contributed by atoms with van der Waals surface area (Å²) in [7, 11) is 0. The van der Waals surface area contributed by atoms with E-state index in [0.29, 0.717) is 5.52 Å². The lowest BCUT2D eigenvalue weighted by molar-refractivity contribution is -0.122. The van der Waals surface area contributed by atoms with Gasteiger partial charge in [-0.3, -0.25) is 14.2 Å². The van der Waals surface area contributed by atoms with Gasteiger partial charge in [0.1, 0.15) is 19.0 Å².